The van der Waals surface area contributed by atoms with E-state index in [4.69, 9.17) is 9.94 Å². The molecule has 0 radical (unpaired) electrons. The lowest BCUT2D eigenvalue weighted by molar-refractivity contribution is 0.102. The number of hydrogen-bond acceptors (Lipinski definition) is 6. The summed E-state index contributed by atoms with van der Waals surface area (Å²) in [6, 6.07) is 13.7. The number of nitrogens with one attached hydrogen (secondary N) is 1. The van der Waals surface area contributed by atoms with Gasteiger partial charge in [-0.2, -0.15) is 0 Å². The largest absolute Gasteiger partial charge is 0.411 e. The Morgan fingerprint density at radius 2 is 1.85 bits per heavy atom. The number of aromatic nitrogens is 1. The van der Waals surface area contributed by atoms with Crippen molar-refractivity contribution >= 4 is 23.0 Å². The van der Waals surface area contributed by atoms with Crippen molar-refractivity contribution in [3.63, 3.8) is 0 Å². The second-order valence-corrected chi connectivity index (χ2v) is 7.87. The van der Waals surface area contributed by atoms with Gasteiger partial charge in [0.25, 0.3) is 5.91 Å². The average Bonchev–Trinajstić information content (AvgIpc) is 2.85. The van der Waals surface area contributed by atoms with E-state index in [1.54, 1.807) is 19.2 Å². The van der Waals surface area contributed by atoms with Crippen LogP contribution in [-0.4, -0.2) is 48.1 Å². The van der Waals surface area contributed by atoms with Crippen LogP contribution in [0.3, 0.4) is 0 Å². The number of oxime groups is 1. The zero-order valence-corrected chi connectivity index (χ0v) is 18.5. The van der Waals surface area contributed by atoms with Crippen LogP contribution in [0.15, 0.2) is 59.9 Å². The minimum Gasteiger partial charge on any atom is -0.411 e. The van der Waals surface area contributed by atoms with Gasteiger partial charge in [-0.05, 0) is 49.2 Å². The fraction of sp³-hybridized carbons (Fsp3) is 0.240. The molecule has 0 atom stereocenters. The number of anilines is 2. The van der Waals surface area contributed by atoms with Crippen LogP contribution in [0.1, 0.15) is 28.5 Å². The first-order chi connectivity index (χ1) is 15.9. The second kappa shape index (κ2) is 9.79. The van der Waals surface area contributed by atoms with Gasteiger partial charge < -0.3 is 20.2 Å². The molecule has 2 N–H and O–H groups in total. The molecule has 1 saturated heterocycles. The van der Waals surface area contributed by atoms with Crippen molar-refractivity contribution in [1.82, 2.24) is 4.98 Å². The highest BCUT2D eigenvalue weighted by Gasteiger charge is 2.16. The molecule has 1 aliphatic rings. The Morgan fingerprint density at radius 1 is 1.12 bits per heavy atom. The second-order valence-electron chi connectivity index (χ2n) is 7.87. The highest BCUT2D eigenvalue weighted by molar-refractivity contribution is 6.05. The molecule has 0 saturated carbocycles. The van der Waals surface area contributed by atoms with Crippen molar-refractivity contribution in [3.05, 3.63) is 77.4 Å². The molecular weight excluding hydrogens is 423 g/mol. The van der Waals surface area contributed by atoms with E-state index in [0.717, 1.165) is 22.4 Å². The van der Waals surface area contributed by atoms with Gasteiger partial charge in [0, 0.05) is 35.6 Å². The Labute approximate surface area is 191 Å². The summed E-state index contributed by atoms with van der Waals surface area (Å²) < 4.78 is 19.6. The summed E-state index contributed by atoms with van der Waals surface area (Å²) in [6.45, 7) is 6.05. The smallest absolute Gasteiger partial charge is 0.255 e. The van der Waals surface area contributed by atoms with E-state index in [2.05, 4.69) is 15.5 Å². The van der Waals surface area contributed by atoms with Crippen LogP contribution in [0, 0.1) is 12.7 Å². The average molecular weight is 448 g/mol. The number of morpholine rings is 1. The van der Waals surface area contributed by atoms with Gasteiger partial charge in [0.1, 0.15) is 5.82 Å². The molecule has 0 spiro atoms. The predicted octanol–water partition coefficient (Wildman–Crippen LogP) is 4.48. The van der Waals surface area contributed by atoms with Crippen LogP contribution >= 0.6 is 0 Å². The number of halogens is 1. The number of rotatable bonds is 5. The zero-order chi connectivity index (χ0) is 23.4. The van der Waals surface area contributed by atoms with E-state index >= 15 is 0 Å². The summed E-state index contributed by atoms with van der Waals surface area (Å²) in [5, 5.41) is 15.0. The lowest BCUT2D eigenvalue weighted by atomic mass is 10.0. The molecule has 1 fully saturated rings. The van der Waals surface area contributed by atoms with Crippen molar-refractivity contribution < 1.29 is 19.1 Å². The maximum atomic E-state index is 14.3. The molecular formula is C25H25FN4O3. The third kappa shape index (κ3) is 5.18. The highest BCUT2D eigenvalue weighted by Crippen LogP contribution is 2.26. The zero-order valence-electron chi connectivity index (χ0n) is 18.5. The number of carbonyl (C=O) groups excluding carboxylic acids is 1. The maximum absolute atomic E-state index is 14.3. The van der Waals surface area contributed by atoms with Crippen molar-refractivity contribution in [3.8, 4) is 11.1 Å². The fourth-order valence-electron chi connectivity index (χ4n) is 3.76. The van der Waals surface area contributed by atoms with Crippen LogP contribution in [-0.2, 0) is 4.74 Å². The Morgan fingerprint density at radius 3 is 2.55 bits per heavy atom. The summed E-state index contributed by atoms with van der Waals surface area (Å²) in [5.74, 6) is -0.876. The van der Waals surface area contributed by atoms with Crippen molar-refractivity contribution in [2.24, 2.45) is 5.16 Å². The minimum absolute atomic E-state index is 0.238. The van der Waals surface area contributed by atoms with E-state index in [1.807, 2.05) is 42.2 Å². The first-order valence-electron chi connectivity index (χ1n) is 10.7. The van der Waals surface area contributed by atoms with Gasteiger partial charge >= 0.3 is 0 Å². The molecule has 4 rings (SSSR count). The van der Waals surface area contributed by atoms with E-state index in [-0.39, 0.29) is 5.56 Å². The summed E-state index contributed by atoms with van der Waals surface area (Å²) in [7, 11) is 0. The number of pyridine rings is 1. The molecule has 2 aromatic carbocycles. The topological polar surface area (TPSA) is 87.1 Å². The normalized spacial score (nSPS) is 14.3. The van der Waals surface area contributed by atoms with Crippen LogP contribution < -0.4 is 10.2 Å². The Hall–Kier alpha value is -3.78. The predicted molar refractivity (Wildman–Crippen MR) is 126 cm³/mol. The van der Waals surface area contributed by atoms with Gasteiger partial charge in [-0.3, -0.25) is 9.78 Å². The molecule has 7 nitrogen and oxygen atoms in total. The lowest BCUT2D eigenvalue weighted by Gasteiger charge is -2.29. The molecule has 1 aliphatic heterocycles. The molecule has 170 valence electrons. The van der Waals surface area contributed by atoms with Gasteiger partial charge in [0.2, 0.25) is 0 Å². The Bertz CT molecular complexity index is 1190. The molecule has 3 aromatic rings. The first-order valence-corrected chi connectivity index (χ1v) is 10.7. The summed E-state index contributed by atoms with van der Waals surface area (Å²) in [4.78, 5) is 19.3. The summed E-state index contributed by atoms with van der Waals surface area (Å²) >= 11 is 0. The molecule has 33 heavy (non-hydrogen) atoms. The Kier molecular flexibility index (Phi) is 6.65. The van der Waals surface area contributed by atoms with Crippen molar-refractivity contribution in [1.29, 1.82) is 0 Å². The number of aryl methyl sites for hydroxylation is 1. The molecule has 0 bridgehead atoms. The first kappa shape index (κ1) is 22.4. The standard InChI is InChI=1S/C25H25FN4O3/c1-16(29-32)18-3-5-19(6-4-18)24-14-22(15-27-17(24)2)28-25(31)20-11-21(26)13-23(12-20)30-7-9-33-10-8-30/h3-6,11-15,32H,7-10H2,1-2H3,(H,28,31). The minimum atomic E-state index is -0.464. The van der Waals surface area contributed by atoms with Crippen LogP contribution in [0.2, 0.25) is 0 Å². The number of nitrogens with zero attached hydrogens (tertiary/aromatic N) is 3. The van der Waals surface area contributed by atoms with Gasteiger partial charge in [0.15, 0.2) is 0 Å². The van der Waals surface area contributed by atoms with E-state index in [9.17, 15) is 9.18 Å². The summed E-state index contributed by atoms with van der Waals surface area (Å²) in [5.41, 5.74) is 5.29. The SMILES string of the molecule is CC(=NO)c1ccc(-c2cc(NC(=O)c3cc(F)cc(N4CCOCC4)c3)cnc2C)cc1. The molecule has 1 aromatic heterocycles. The van der Waals surface area contributed by atoms with E-state index in [1.165, 1.54) is 12.1 Å². The van der Waals surface area contributed by atoms with E-state index < -0.39 is 11.7 Å². The molecule has 8 heteroatoms. The Balaban J connectivity index is 1.56. The maximum Gasteiger partial charge on any atom is 0.255 e. The van der Waals surface area contributed by atoms with E-state index in [0.29, 0.717) is 43.4 Å². The third-order valence-electron chi connectivity index (χ3n) is 5.63. The number of hydrogen-bond donors (Lipinski definition) is 2. The van der Waals surface area contributed by atoms with Gasteiger partial charge in [-0.1, -0.05) is 29.4 Å². The molecule has 0 aliphatic carbocycles. The fourth-order valence-corrected chi connectivity index (χ4v) is 3.76. The summed E-state index contributed by atoms with van der Waals surface area (Å²) in [6.07, 6.45) is 1.58. The monoisotopic (exact) mass is 448 g/mol. The van der Waals surface area contributed by atoms with Crippen LogP contribution in [0.4, 0.5) is 15.8 Å². The third-order valence-corrected chi connectivity index (χ3v) is 5.63. The lowest BCUT2D eigenvalue weighted by Crippen LogP contribution is -2.36. The highest BCUT2D eigenvalue weighted by atomic mass is 19.1. The van der Waals surface area contributed by atoms with Gasteiger partial charge in [0.05, 0.1) is 30.8 Å². The molecule has 2 heterocycles. The quantitative estimate of drug-likeness (QED) is 0.341. The number of benzene rings is 2. The number of ether oxygens (including phenoxy) is 1. The van der Waals surface area contributed by atoms with Gasteiger partial charge in [-0.15, -0.1) is 0 Å². The molecule has 1 amide bonds. The van der Waals surface area contributed by atoms with Crippen LogP contribution in [0.25, 0.3) is 11.1 Å². The van der Waals surface area contributed by atoms with Crippen LogP contribution in [0.5, 0.6) is 0 Å². The van der Waals surface area contributed by atoms with Crippen molar-refractivity contribution in [2.45, 2.75) is 13.8 Å². The molecule has 0 unspecified atom stereocenters. The van der Waals surface area contributed by atoms with Gasteiger partial charge in [-0.25, -0.2) is 4.39 Å². The number of amides is 1. The number of carbonyl (C=O) groups is 1. The van der Waals surface area contributed by atoms with Crippen molar-refractivity contribution in [2.75, 3.05) is 36.5 Å².